The molecule has 0 saturated carbocycles. The molecular formula is C22H22N2O2. The lowest BCUT2D eigenvalue weighted by atomic mass is 9.90. The average Bonchev–Trinajstić information content (AvgIpc) is 2.60. The van der Waals surface area contributed by atoms with Crippen molar-refractivity contribution in [3.05, 3.63) is 71.4 Å². The van der Waals surface area contributed by atoms with Crippen LogP contribution in [0.25, 0.3) is 10.9 Å². The number of fused-ring (bicyclic) bond motifs is 1. The summed E-state index contributed by atoms with van der Waals surface area (Å²) in [4.78, 5) is 18.9. The van der Waals surface area contributed by atoms with E-state index in [1.807, 2.05) is 13.0 Å². The Morgan fingerprint density at radius 1 is 1.19 bits per heavy atom. The number of hydrogen-bond donors (Lipinski definition) is 0. The van der Waals surface area contributed by atoms with E-state index in [1.54, 1.807) is 12.3 Å². The lowest BCUT2D eigenvalue weighted by molar-refractivity contribution is 0.0528. The lowest BCUT2D eigenvalue weighted by Crippen LogP contribution is -2.45. The number of aromatic nitrogens is 1. The summed E-state index contributed by atoms with van der Waals surface area (Å²) in [5, 5.41) is 0.849. The molecule has 4 heteroatoms. The molecule has 0 N–H and O–H groups in total. The summed E-state index contributed by atoms with van der Waals surface area (Å²) in [6, 6.07) is 16.6. The van der Waals surface area contributed by atoms with E-state index >= 15 is 0 Å². The molecule has 1 aromatic heterocycles. The van der Waals surface area contributed by atoms with Crippen LogP contribution in [0.4, 0.5) is 5.69 Å². The van der Waals surface area contributed by atoms with Gasteiger partial charge in [-0.15, -0.1) is 0 Å². The molecular weight excluding hydrogens is 324 g/mol. The zero-order valence-corrected chi connectivity index (χ0v) is 15.1. The summed E-state index contributed by atoms with van der Waals surface area (Å²) < 4.78 is 5.18. The zero-order chi connectivity index (χ0) is 18.1. The maximum atomic E-state index is 12.2. The minimum atomic E-state index is -0.293. The van der Waals surface area contributed by atoms with Gasteiger partial charge in [-0.25, -0.2) is 4.79 Å². The molecule has 0 amide bonds. The van der Waals surface area contributed by atoms with Crippen molar-refractivity contribution in [1.29, 1.82) is 0 Å². The lowest BCUT2D eigenvalue weighted by Gasteiger charge is -2.41. The number of ether oxygens (including phenoxy) is 1. The fourth-order valence-electron chi connectivity index (χ4n) is 3.54. The molecule has 0 spiro atoms. The number of rotatable bonds is 4. The molecule has 0 bridgehead atoms. The van der Waals surface area contributed by atoms with Crippen molar-refractivity contribution in [3.8, 4) is 0 Å². The monoisotopic (exact) mass is 346 g/mol. The number of carbonyl (C=O) groups is 1. The summed E-state index contributed by atoms with van der Waals surface area (Å²) in [7, 11) is 0. The first-order valence-electron chi connectivity index (χ1n) is 9.03. The Bertz CT molecular complexity index is 961. The molecule has 4 rings (SSSR count). The molecule has 132 valence electrons. The van der Waals surface area contributed by atoms with Crippen LogP contribution in [0, 0.1) is 6.92 Å². The Hall–Kier alpha value is -2.88. The van der Waals surface area contributed by atoms with Crippen LogP contribution in [0.5, 0.6) is 0 Å². The number of hydrogen-bond acceptors (Lipinski definition) is 4. The quantitative estimate of drug-likeness (QED) is 0.660. The number of carbonyl (C=O) groups excluding carboxylic acids is 1. The highest BCUT2D eigenvalue weighted by atomic mass is 16.5. The van der Waals surface area contributed by atoms with Crippen molar-refractivity contribution >= 4 is 22.6 Å². The van der Waals surface area contributed by atoms with E-state index in [0.717, 1.165) is 29.7 Å². The van der Waals surface area contributed by atoms with Gasteiger partial charge in [0.1, 0.15) is 0 Å². The second-order valence-corrected chi connectivity index (χ2v) is 6.80. The maximum Gasteiger partial charge on any atom is 0.338 e. The molecule has 1 aliphatic rings. The number of benzene rings is 2. The van der Waals surface area contributed by atoms with Crippen molar-refractivity contribution < 1.29 is 9.53 Å². The normalized spacial score (nSPS) is 14.3. The third-order valence-electron chi connectivity index (χ3n) is 4.98. The molecule has 1 aliphatic heterocycles. The molecule has 26 heavy (non-hydrogen) atoms. The number of pyridine rings is 1. The molecule has 0 atom stereocenters. The van der Waals surface area contributed by atoms with E-state index in [0.29, 0.717) is 18.1 Å². The predicted molar refractivity (Wildman–Crippen MR) is 104 cm³/mol. The number of aryl methyl sites for hydroxylation is 1. The first-order chi connectivity index (χ1) is 12.7. The summed E-state index contributed by atoms with van der Waals surface area (Å²) in [5.74, 6) is 0.266. The van der Waals surface area contributed by atoms with Crippen LogP contribution < -0.4 is 4.90 Å². The van der Waals surface area contributed by atoms with Gasteiger partial charge in [0.25, 0.3) is 0 Å². The number of anilines is 1. The Kier molecular flexibility index (Phi) is 4.33. The van der Waals surface area contributed by atoms with Crippen LogP contribution in [0.3, 0.4) is 0 Å². The molecule has 2 heterocycles. The van der Waals surface area contributed by atoms with Crippen molar-refractivity contribution in [2.75, 3.05) is 24.6 Å². The van der Waals surface area contributed by atoms with Gasteiger partial charge < -0.3 is 9.64 Å². The van der Waals surface area contributed by atoms with Gasteiger partial charge >= 0.3 is 5.97 Å². The molecule has 0 unspecified atom stereocenters. The van der Waals surface area contributed by atoms with Gasteiger partial charge in [-0.05, 0) is 43.7 Å². The Labute approximate surface area is 153 Å². The van der Waals surface area contributed by atoms with E-state index in [2.05, 4.69) is 53.2 Å². The third-order valence-corrected chi connectivity index (χ3v) is 4.98. The highest BCUT2D eigenvalue weighted by Crippen LogP contribution is 2.33. The van der Waals surface area contributed by atoms with Gasteiger partial charge in [-0.3, -0.25) is 4.98 Å². The topological polar surface area (TPSA) is 42.4 Å². The second kappa shape index (κ2) is 6.79. The molecule has 3 aromatic rings. The van der Waals surface area contributed by atoms with Gasteiger partial charge in [0.05, 0.1) is 17.7 Å². The Balaban J connectivity index is 1.58. The van der Waals surface area contributed by atoms with Crippen LogP contribution in [0.15, 0.2) is 54.7 Å². The fraction of sp³-hybridized carbons (Fsp3) is 0.273. The first-order valence-corrected chi connectivity index (χ1v) is 9.03. The predicted octanol–water partition coefficient (Wildman–Crippen LogP) is 4.32. The summed E-state index contributed by atoms with van der Waals surface area (Å²) >= 11 is 0. The SMILES string of the molecule is CCOC(=O)c1ccnc2ccc(N3CC(c4cccc(C)c4)C3)cc12. The highest BCUT2D eigenvalue weighted by molar-refractivity contribution is 6.04. The van der Waals surface area contributed by atoms with Crippen molar-refractivity contribution in [2.45, 2.75) is 19.8 Å². The highest BCUT2D eigenvalue weighted by Gasteiger charge is 2.28. The molecule has 1 saturated heterocycles. The molecule has 0 radical (unpaired) electrons. The van der Waals surface area contributed by atoms with Crippen molar-refractivity contribution in [2.24, 2.45) is 0 Å². The van der Waals surface area contributed by atoms with Gasteiger partial charge in [-0.2, -0.15) is 0 Å². The van der Waals surface area contributed by atoms with E-state index in [1.165, 1.54) is 11.1 Å². The first kappa shape index (κ1) is 16.6. The van der Waals surface area contributed by atoms with E-state index < -0.39 is 0 Å². The molecule has 4 nitrogen and oxygen atoms in total. The van der Waals surface area contributed by atoms with Crippen LogP contribution in [-0.4, -0.2) is 30.6 Å². The van der Waals surface area contributed by atoms with Gasteiger partial charge in [0.15, 0.2) is 0 Å². The van der Waals surface area contributed by atoms with Crippen LogP contribution >= 0.6 is 0 Å². The fourth-order valence-corrected chi connectivity index (χ4v) is 3.54. The van der Waals surface area contributed by atoms with Crippen LogP contribution in [0.1, 0.15) is 34.3 Å². The largest absolute Gasteiger partial charge is 0.462 e. The minimum absolute atomic E-state index is 0.293. The molecule has 2 aromatic carbocycles. The summed E-state index contributed by atoms with van der Waals surface area (Å²) in [6.07, 6.45) is 1.66. The van der Waals surface area contributed by atoms with Crippen molar-refractivity contribution in [3.63, 3.8) is 0 Å². The second-order valence-electron chi connectivity index (χ2n) is 6.80. The minimum Gasteiger partial charge on any atom is -0.462 e. The summed E-state index contributed by atoms with van der Waals surface area (Å²) in [6.45, 7) is 6.30. The third kappa shape index (κ3) is 3.03. The van der Waals surface area contributed by atoms with Gasteiger partial charge in [-0.1, -0.05) is 29.8 Å². The molecule has 1 fully saturated rings. The van der Waals surface area contributed by atoms with E-state index in [9.17, 15) is 4.79 Å². The molecule has 0 aliphatic carbocycles. The standard InChI is InChI=1S/C22H22N2O2/c1-3-26-22(25)19-9-10-23-21-8-7-18(12-20(19)21)24-13-17(14-24)16-6-4-5-15(2)11-16/h4-12,17H,3,13-14H2,1-2H3. The average molecular weight is 346 g/mol. The van der Waals surface area contributed by atoms with E-state index in [-0.39, 0.29) is 5.97 Å². The van der Waals surface area contributed by atoms with E-state index in [4.69, 9.17) is 4.74 Å². The van der Waals surface area contributed by atoms with Crippen LogP contribution in [-0.2, 0) is 4.74 Å². The Morgan fingerprint density at radius 3 is 2.81 bits per heavy atom. The van der Waals surface area contributed by atoms with Gasteiger partial charge in [0.2, 0.25) is 0 Å². The van der Waals surface area contributed by atoms with Gasteiger partial charge in [0, 0.05) is 36.3 Å². The smallest absolute Gasteiger partial charge is 0.338 e. The number of nitrogens with zero attached hydrogens (tertiary/aromatic N) is 2. The summed E-state index contributed by atoms with van der Waals surface area (Å²) in [5.41, 5.74) is 5.22. The zero-order valence-electron chi connectivity index (χ0n) is 15.1. The van der Waals surface area contributed by atoms with Crippen LogP contribution in [0.2, 0.25) is 0 Å². The maximum absolute atomic E-state index is 12.2. The van der Waals surface area contributed by atoms with Crippen molar-refractivity contribution in [1.82, 2.24) is 4.98 Å². The Morgan fingerprint density at radius 2 is 2.04 bits per heavy atom. The number of esters is 1.